The number of amides is 3. The summed E-state index contributed by atoms with van der Waals surface area (Å²) in [6, 6.07) is 1.84. The molecule has 0 saturated heterocycles. The predicted molar refractivity (Wildman–Crippen MR) is 180 cm³/mol. The van der Waals surface area contributed by atoms with E-state index >= 15 is 0 Å². The van der Waals surface area contributed by atoms with E-state index in [0.717, 1.165) is 18.5 Å². The van der Waals surface area contributed by atoms with E-state index in [0.29, 0.717) is 35.1 Å². The van der Waals surface area contributed by atoms with Crippen LogP contribution in [0.3, 0.4) is 0 Å². The zero-order chi connectivity index (χ0) is 35.8. The van der Waals surface area contributed by atoms with Crippen molar-refractivity contribution in [3.8, 4) is 0 Å². The fourth-order valence-electron chi connectivity index (χ4n) is 4.77. The average Bonchev–Trinajstić information content (AvgIpc) is 3.68. The van der Waals surface area contributed by atoms with Crippen molar-refractivity contribution in [1.29, 1.82) is 0 Å². The number of esters is 1. The Morgan fingerprint density at radius 1 is 1.08 bits per heavy atom. The third-order valence-electron chi connectivity index (χ3n) is 6.85. The zero-order valence-corrected chi connectivity index (χ0v) is 28.9. The molecular weight excluding hydrogens is 621 g/mol. The topological polar surface area (TPSA) is 188 Å². The lowest BCUT2D eigenvalue weighted by atomic mass is 10.1. The molecule has 4 N–H and O–H groups in total. The summed E-state index contributed by atoms with van der Waals surface area (Å²) >= 11 is 0. The molecule has 260 valence electrons. The van der Waals surface area contributed by atoms with Crippen molar-refractivity contribution in [3.63, 3.8) is 0 Å². The van der Waals surface area contributed by atoms with Crippen LogP contribution in [0.1, 0.15) is 88.7 Å². The minimum Gasteiger partial charge on any atom is -0.462 e. The second-order valence-corrected chi connectivity index (χ2v) is 13.3. The van der Waals surface area contributed by atoms with E-state index < -0.39 is 29.4 Å². The number of hydrogen-bond acceptors (Lipinski definition) is 11. The van der Waals surface area contributed by atoms with E-state index in [-0.39, 0.29) is 43.8 Å². The number of alkyl carbamates (subject to hydrolysis) is 1. The maximum absolute atomic E-state index is 13.1. The molecule has 0 atom stereocenters. The highest BCUT2D eigenvalue weighted by Gasteiger charge is 2.34. The van der Waals surface area contributed by atoms with E-state index in [1.165, 1.54) is 4.90 Å². The zero-order valence-electron chi connectivity index (χ0n) is 28.9. The maximum atomic E-state index is 13.1. The lowest BCUT2D eigenvalue weighted by Gasteiger charge is -2.30. The molecule has 1 saturated carbocycles. The lowest BCUT2D eigenvalue weighted by molar-refractivity contribution is -0.110. The third-order valence-corrected chi connectivity index (χ3v) is 6.85. The normalized spacial score (nSPS) is 14.7. The molecule has 0 bridgehead atoms. The standard InChI is InChI=1S/C32H45N7O7.BHO/c1-9-44-27(41)21-16-19(2)35-23(21)17-22-25-24(36-26(22)40)18-34-28(37-25)39(20-10-11-20)15-14-38(30(43)46-32(6,7)8)13-12-33-29(42)45-31(3,4)5;1-2/h16-18,20,35H,9-15H2,1-8H3,(H,33,42)(H,36,40);2H/b22-17-;. The first-order chi connectivity index (χ1) is 22.5. The molecule has 15 nitrogen and oxygen atoms in total. The molecule has 2 aromatic heterocycles. The Hall–Kier alpha value is -4.60. The van der Waals surface area contributed by atoms with Crippen LogP contribution in [0.2, 0.25) is 0 Å². The summed E-state index contributed by atoms with van der Waals surface area (Å²) in [7, 11) is 3.50. The van der Waals surface area contributed by atoms with Crippen LogP contribution in [-0.4, -0.2) is 107 Å². The van der Waals surface area contributed by atoms with Gasteiger partial charge in [-0.25, -0.2) is 24.4 Å². The van der Waals surface area contributed by atoms with Gasteiger partial charge in [-0.15, -0.1) is 0 Å². The minimum atomic E-state index is -0.708. The molecule has 16 heteroatoms. The van der Waals surface area contributed by atoms with Crippen LogP contribution in [0.15, 0.2) is 12.3 Å². The molecule has 0 unspecified atom stereocenters. The lowest BCUT2D eigenvalue weighted by Crippen LogP contribution is -2.46. The number of carbonyl (C=O) groups excluding carboxylic acids is 4. The summed E-state index contributed by atoms with van der Waals surface area (Å²) in [6.45, 7) is 15.5. The Kier molecular flexibility index (Phi) is 12.6. The molecule has 3 amide bonds. The average molecular weight is 668 g/mol. The fraction of sp³-hybridized carbons (Fsp3) is 0.562. The molecule has 0 spiro atoms. The fourth-order valence-corrected chi connectivity index (χ4v) is 4.77. The van der Waals surface area contributed by atoms with Gasteiger partial charge in [0, 0.05) is 37.9 Å². The molecule has 4 rings (SSSR count). The van der Waals surface area contributed by atoms with E-state index in [2.05, 4.69) is 28.7 Å². The van der Waals surface area contributed by atoms with E-state index in [1.807, 2.05) is 11.8 Å². The number of hydrogen-bond donors (Lipinski definition) is 4. The first-order valence-electron chi connectivity index (χ1n) is 15.8. The molecule has 2 radical (unpaired) electrons. The highest BCUT2D eigenvalue weighted by atomic mass is 16.6. The summed E-state index contributed by atoms with van der Waals surface area (Å²) < 4.78 is 16.1. The second-order valence-electron chi connectivity index (χ2n) is 13.3. The van der Waals surface area contributed by atoms with Crippen LogP contribution in [0.25, 0.3) is 11.6 Å². The molecule has 0 aromatic carbocycles. The molecule has 2 aromatic rings. The number of carbonyl (C=O) groups is 4. The second kappa shape index (κ2) is 16.0. The van der Waals surface area contributed by atoms with Crippen molar-refractivity contribution in [3.05, 3.63) is 34.9 Å². The number of ether oxygens (including phenoxy) is 3. The van der Waals surface area contributed by atoms with Crippen molar-refractivity contribution in [2.24, 2.45) is 0 Å². The Morgan fingerprint density at radius 3 is 2.35 bits per heavy atom. The van der Waals surface area contributed by atoms with Crippen LogP contribution >= 0.6 is 0 Å². The maximum Gasteiger partial charge on any atom is 0.410 e. The number of aromatic nitrogens is 3. The third kappa shape index (κ3) is 10.7. The van der Waals surface area contributed by atoms with Gasteiger partial charge in [-0.3, -0.25) is 4.79 Å². The molecule has 1 fully saturated rings. The first kappa shape index (κ1) is 37.9. The van der Waals surface area contributed by atoms with Gasteiger partial charge in [0.2, 0.25) is 5.95 Å². The summed E-state index contributed by atoms with van der Waals surface area (Å²) in [5.74, 6) is -0.445. The van der Waals surface area contributed by atoms with Crippen molar-refractivity contribution in [1.82, 2.24) is 25.2 Å². The number of H-pyrrole nitrogens is 1. The number of nitrogens with zero attached hydrogens (tertiary/aromatic N) is 4. The first-order valence-corrected chi connectivity index (χ1v) is 15.8. The van der Waals surface area contributed by atoms with Crippen LogP contribution in [-0.2, 0) is 19.0 Å². The molecular formula is C32H46BN7O8. The monoisotopic (exact) mass is 667 g/mol. The highest BCUT2D eigenvalue weighted by molar-refractivity contribution is 6.34. The van der Waals surface area contributed by atoms with Gasteiger partial charge < -0.3 is 44.7 Å². The van der Waals surface area contributed by atoms with Gasteiger partial charge in [-0.2, -0.15) is 0 Å². The van der Waals surface area contributed by atoms with Crippen LogP contribution in [0.4, 0.5) is 21.2 Å². The number of aromatic amines is 1. The van der Waals surface area contributed by atoms with Crippen molar-refractivity contribution in [2.45, 2.75) is 85.5 Å². The highest BCUT2D eigenvalue weighted by Crippen LogP contribution is 2.35. The van der Waals surface area contributed by atoms with Gasteiger partial charge in [0.1, 0.15) is 16.9 Å². The Bertz CT molecular complexity index is 1510. The van der Waals surface area contributed by atoms with Crippen molar-refractivity contribution in [2.75, 3.05) is 43.0 Å². The van der Waals surface area contributed by atoms with E-state index in [1.54, 1.807) is 66.8 Å². The number of rotatable bonds is 11. The SMILES string of the molecule is CCOC(=O)c1cc(C)[nH]c1/C=C1\C(=O)Nc2cnc(N(CCN(CCNC(=O)OC(C)(C)C)C(=O)OC(C)(C)C)C3CC3)nc21.[B]O. The van der Waals surface area contributed by atoms with Crippen LogP contribution in [0.5, 0.6) is 0 Å². The van der Waals surface area contributed by atoms with Gasteiger partial charge in [0.25, 0.3) is 14.0 Å². The Labute approximate surface area is 282 Å². The van der Waals surface area contributed by atoms with Gasteiger partial charge in [0.15, 0.2) is 0 Å². The van der Waals surface area contributed by atoms with E-state index in [4.69, 9.17) is 24.2 Å². The van der Waals surface area contributed by atoms with Crippen LogP contribution < -0.4 is 15.5 Å². The summed E-state index contributed by atoms with van der Waals surface area (Å²) in [4.78, 5) is 66.9. The van der Waals surface area contributed by atoms with Gasteiger partial charge in [0.05, 0.1) is 35.3 Å². The van der Waals surface area contributed by atoms with Gasteiger partial charge >= 0.3 is 18.2 Å². The summed E-state index contributed by atoms with van der Waals surface area (Å²) in [5, 5.41) is 12.0. The number of fused-ring (bicyclic) bond motifs is 1. The number of aryl methyl sites for hydroxylation is 1. The largest absolute Gasteiger partial charge is 0.462 e. The summed E-state index contributed by atoms with van der Waals surface area (Å²) in [5.41, 5.74) is 1.31. The number of nitrogens with one attached hydrogen (secondary N) is 3. The van der Waals surface area contributed by atoms with Crippen molar-refractivity contribution >= 4 is 55.4 Å². The molecule has 48 heavy (non-hydrogen) atoms. The molecule has 3 heterocycles. The number of anilines is 2. The summed E-state index contributed by atoms with van der Waals surface area (Å²) in [6.07, 6.45) is 3.94. The Balaban J connectivity index is 0.00000307. The molecule has 1 aliphatic heterocycles. The Morgan fingerprint density at radius 2 is 1.75 bits per heavy atom. The molecule has 2 aliphatic rings. The minimum absolute atomic E-state index is 0.164. The van der Waals surface area contributed by atoms with Crippen LogP contribution in [0, 0.1) is 6.92 Å². The quantitative estimate of drug-likeness (QED) is 0.119. The smallest absolute Gasteiger partial charge is 0.410 e. The predicted octanol–water partition coefficient (Wildman–Crippen LogP) is 3.58. The molecule has 1 aliphatic carbocycles. The van der Waals surface area contributed by atoms with Crippen molar-refractivity contribution < 1.29 is 38.4 Å². The van der Waals surface area contributed by atoms with E-state index in [9.17, 15) is 19.2 Å². The van der Waals surface area contributed by atoms with Gasteiger partial charge in [-0.1, -0.05) is 0 Å². The van der Waals surface area contributed by atoms with Gasteiger partial charge in [-0.05, 0) is 80.4 Å².